The van der Waals surface area contributed by atoms with E-state index < -0.39 is 0 Å². The topological polar surface area (TPSA) is 105 Å². The fourth-order valence-electron chi connectivity index (χ4n) is 1.83. The number of aromatic nitrogens is 6. The van der Waals surface area contributed by atoms with E-state index in [4.69, 9.17) is 17.3 Å². The van der Waals surface area contributed by atoms with Gasteiger partial charge >= 0.3 is 0 Å². The summed E-state index contributed by atoms with van der Waals surface area (Å²) in [7, 11) is 1.69. The fraction of sp³-hybridized carbons (Fsp3) is 0.182. The van der Waals surface area contributed by atoms with Gasteiger partial charge in [-0.1, -0.05) is 16.8 Å². The molecule has 0 aliphatic heterocycles. The van der Waals surface area contributed by atoms with E-state index in [-0.39, 0.29) is 12.1 Å². The van der Waals surface area contributed by atoms with Crippen molar-refractivity contribution in [2.45, 2.75) is 6.54 Å². The number of aryl methyl sites for hydroxylation is 1. The Morgan fingerprint density at radius 2 is 2.20 bits per heavy atom. The molecule has 3 aromatic rings. The second-order valence-corrected chi connectivity index (χ2v) is 4.63. The normalized spacial score (nSPS) is 11.1. The van der Waals surface area contributed by atoms with Gasteiger partial charge in [0.05, 0.1) is 23.5 Å². The lowest BCUT2D eigenvalue weighted by molar-refractivity contribution is 0.587. The molecule has 0 atom stereocenters. The fourth-order valence-corrected chi connectivity index (χ4v) is 2.00. The molecule has 0 amide bonds. The minimum absolute atomic E-state index is 0.0978. The lowest BCUT2D eigenvalue weighted by Crippen LogP contribution is -2.25. The van der Waals surface area contributed by atoms with Crippen LogP contribution in [0.25, 0.3) is 11.0 Å². The van der Waals surface area contributed by atoms with E-state index in [1.165, 1.54) is 15.6 Å². The summed E-state index contributed by atoms with van der Waals surface area (Å²) < 4.78 is 2.66. The zero-order valence-corrected chi connectivity index (χ0v) is 11.2. The largest absolute Gasteiger partial charge is 0.384 e. The smallest absolute Gasteiger partial charge is 0.281 e. The summed E-state index contributed by atoms with van der Waals surface area (Å²) in [6, 6.07) is 3.21. The minimum Gasteiger partial charge on any atom is -0.384 e. The van der Waals surface area contributed by atoms with Crippen LogP contribution in [0.1, 0.15) is 5.69 Å². The van der Waals surface area contributed by atoms with Crippen LogP contribution < -0.4 is 11.3 Å². The summed E-state index contributed by atoms with van der Waals surface area (Å²) in [6.45, 7) is 0.0978. The highest BCUT2D eigenvalue weighted by Crippen LogP contribution is 2.15. The molecule has 8 nitrogen and oxygen atoms in total. The number of anilines is 1. The molecule has 0 saturated heterocycles. The molecule has 3 heterocycles. The number of nitrogen functional groups attached to an aromatic ring is 1. The first-order chi connectivity index (χ1) is 9.56. The molecule has 0 unspecified atom stereocenters. The van der Waals surface area contributed by atoms with Crippen LogP contribution in [-0.4, -0.2) is 29.8 Å². The van der Waals surface area contributed by atoms with Gasteiger partial charge in [0.2, 0.25) is 0 Å². The molecule has 0 bridgehead atoms. The first-order valence-electron chi connectivity index (χ1n) is 5.72. The van der Waals surface area contributed by atoms with Crippen LogP contribution in [-0.2, 0) is 13.6 Å². The number of rotatable bonds is 2. The molecule has 0 aliphatic carbocycles. The van der Waals surface area contributed by atoms with Gasteiger partial charge in [0.25, 0.3) is 5.56 Å². The Balaban J connectivity index is 2.09. The molecule has 9 heteroatoms. The number of fused-ring (bicyclic) bond motifs is 1. The van der Waals surface area contributed by atoms with E-state index in [0.29, 0.717) is 27.6 Å². The van der Waals surface area contributed by atoms with Crippen molar-refractivity contribution in [3.8, 4) is 0 Å². The first kappa shape index (κ1) is 12.5. The Labute approximate surface area is 117 Å². The monoisotopic (exact) mass is 291 g/mol. The number of nitrogens with zero attached hydrogens (tertiary/aromatic N) is 6. The molecule has 0 aliphatic rings. The highest BCUT2D eigenvalue weighted by atomic mass is 35.5. The maximum absolute atomic E-state index is 12.2. The predicted octanol–water partition coefficient (Wildman–Crippen LogP) is 0.204. The summed E-state index contributed by atoms with van der Waals surface area (Å²) in [5, 5.41) is 12.6. The molecule has 3 rings (SSSR count). The summed E-state index contributed by atoms with van der Waals surface area (Å²) in [5.74, 6) is 0.327. The third kappa shape index (κ3) is 1.99. The molecule has 0 aromatic carbocycles. The second kappa shape index (κ2) is 4.57. The summed E-state index contributed by atoms with van der Waals surface area (Å²) in [4.78, 5) is 16.3. The van der Waals surface area contributed by atoms with E-state index >= 15 is 0 Å². The van der Waals surface area contributed by atoms with Gasteiger partial charge in [-0.3, -0.25) is 4.79 Å². The van der Waals surface area contributed by atoms with E-state index in [9.17, 15) is 4.79 Å². The van der Waals surface area contributed by atoms with Crippen molar-refractivity contribution in [1.82, 2.24) is 29.8 Å². The average molecular weight is 292 g/mol. The zero-order chi connectivity index (χ0) is 14.3. The molecule has 3 aromatic heterocycles. The second-order valence-electron chi connectivity index (χ2n) is 4.22. The van der Waals surface area contributed by atoms with Crippen molar-refractivity contribution in [3.05, 3.63) is 39.4 Å². The van der Waals surface area contributed by atoms with Crippen LogP contribution in [0.2, 0.25) is 5.02 Å². The third-order valence-electron chi connectivity index (χ3n) is 2.86. The number of halogens is 1. The van der Waals surface area contributed by atoms with Crippen LogP contribution in [0.4, 0.5) is 5.82 Å². The standard InChI is InChI=1S/C11H10ClN7O/c1-18-10-6(4-14-18)11(20)19(17-16-10)5-8-7(12)2-3-9(13)15-8/h2-4H,5H2,1H3,(H2,13,15). The Morgan fingerprint density at radius 3 is 3.00 bits per heavy atom. The van der Waals surface area contributed by atoms with Crippen LogP contribution in [0.5, 0.6) is 0 Å². The summed E-state index contributed by atoms with van der Waals surface area (Å²) in [6.07, 6.45) is 1.46. The number of nitrogens with two attached hydrogens (primary N) is 1. The highest BCUT2D eigenvalue weighted by molar-refractivity contribution is 6.31. The van der Waals surface area contributed by atoms with Gasteiger partial charge in [-0.2, -0.15) is 5.10 Å². The third-order valence-corrected chi connectivity index (χ3v) is 3.20. The molecule has 0 saturated carbocycles. The van der Waals surface area contributed by atoms with Gasteiger partial charge in [-0.25, -0.2) is 14.3 Å². The summed E-state index contributed by atoms with van der Waals surface area (Å²) in [5.41, 5.74) is 6.20. The van der Waals surface area contributed by atoms with Gasteiger partial charge in [-0.05, 0) is 12.1 Å². The van der Waals surface area contributed by atoms with Crippen LogP contribution in [0, 0.1) is 0 Å². The minimum atomic E-state index is -0.302. The van der Waals surface area contributed by atoms with Crippen molar-refractivity contribution < 1.29 is 0 Å². The van der Waals surface area contributed by atoms with Gasteiger partial charge in [0.15, 0.2) is 5.65 Å². The van der Waals surface area contributed by atoms with Crippen LogP contribution >= 0.6 is 11.6 Å². The molecule has 2 N–H and O–H groups in total. The quantitative estimate of drug-likeness (QED) is 0.723. The lowest BCUT2D eigenvalue weighted by Gasteiger charge is -2.05. The molecule has 0 spiro atoms. The molecule has 102 valence electrons. The maximum atomic E-state index is 12.2. The maximum Gasteiger partial charge on any atom is 0.281 e. The van der Waals surface area contributed by atoms with Crippen LogP contribution in [0.3, 0.4) is 0 Å². The van der Waals surface area contributed by atoms with Crippen molar-refractivity contribution in [2.75, 3.05) is 5.73 Å². The van der Waals surface area contributed by atoms with Crippen molar-refractivity contribution in [3.63, 3.8) is 0 Å². The SMILES string of the molecule is Cn1ncc2c(=O)n(Cc3nc(N)ccc3Cl)nnc21. The van der Waals surface area contributed by atoms with Gasteiger partial charge in [0.1, 0.15) is 11.2 Å². The number of hydrogen-bond donors (Lipinski definition) is 1. The average Bonchev–Trinajstić information content (AvgIpc) is 2.79. The van der Waals surface area contributed by atoms with E-state index in [0.717, 1.165) is 0 Å². The Hall–Kier alpha value is -2.48. The van der Waals surface area contributed by atoms with Crippen molar-refractivity contribution >= 4 is 28.5 Å². The Kier molecular flexibility index (Phi) is 2.87. The Morgan fingerprint density at radius 1 is 1.40 bits per heavy atom. The van der Waals surface area contributed by atoms with Gasteiger partial charge < -0.3 is 5.73 Å². The van der Waals surface area contributed by atoms with Gasteiger partial charge in [0, 0.05) is 7.05 Å². The molecular formula is C11H10ClN7O. The van der Waals surface area contributed by atoms with E-state index in [1.807, 2.05) is 0 Å². The molecule has 20 heavy (non-hydrogen) atoms. The molecular weight excluding hydrogens is 282 g/mol. The van der Waals surface area contributed by atoms with E-state index in [2.05, 4.69) is 20.4 Å². The number of pyridine rings is 1. The zero-order valence-electron chi connectivity index (χ0n) is 10.5. The predicted molar refractivity (Wildman–Crippen MR) is 73.3 cm³/mol. The van der Waals surface area contributed by atoms with Crippen LogP contribution in [0.15, 0.2) is 23.1 Å². The van der Waals surface area contributed by atoms with E-state index in [1.54, 1.807) is 19.2 Å². The van der Waals surface area contributed by atoms with Crippen molar-refractivity contribution in [2.24, 2.45) is 7.05 Å². The summed E-state index contributed by atoms with van der Waals surface area (Å²) >= 11 is 6.02. The Bertz CT molecular complexity index is 854. The highest BCUT2D eigenvalue weighted by Gasteiger charge is 2.12. The van der Waals surface area contributed by atoms with Gasteiger partial charge in [-0.15, -0.1) is 5.10 Å². The molecule has 0 fully saturated rings. The first-order valence-corrected chi connectivity index (χ1v) is 6.10. The molecule has 0 radical (unpaired) electrons. The van der Waals surface area contributed by atoms with Crippen molar-refractivity contribution in [1.29, 1.82) is 0 Å². The number of hydrogen-bond acceptors (Lipinski definition) is 6. The lowest BCUT2D eigenvalue weighted by atomic mass is 10.3.